The first-order valence-electron chi connectivity index (χ1n) is 2.79. The summed E-state index contributed by atoms with van der Waals surface area (Å²) in [5.74, 6) is 0.400. The molecule has 0 rings (SSSR count). The van der Waals surface area contributed by atoms with Crippen molar-refractivity contribution in [3.8, 4) is 0 Å². The van der Waals surface area contributed by atoms with Crippen molar-refractivity contribution in [2.24, 2.45) is 5.92 Å². The zero-order valence-electron chi connectivity index (χ0n) is 5.48. The summed E-state index contributed by atoms with van der Waals surface area (Å²) in [6.07, 6.45) is 2.57. The van der Waals surface area contributed by atoms with Crippen LogP contribution in [0.15, 0.2) is 12.7 Å². The maximum atomic E-state index is 10.5. The minimum Gasteiger partial charge on any atom is -0.300 e. The monoisotopic (exact) mass is 112 g/mol. The highest BCUT2D eigenvalue weighted by atomic mass is 16.1. The summed E-state index contributed by atoms with van der Waals surface area (Å²) in [5.41, 5.74) is 0. The van der Waals surface area contributed by atoms with Crippen LogP contribution in [-0.4, -0.2) is 5.78 Å². The molecule has 0 aliphatic carbocycles. The van der Waals surface area contributed by atoms with Gasteiger partial charge in [-0.1, -0.05) is 13.0 Å². The third-order valence-corrected chi connectivity index (χ3v) is 1.21. The van der Waals surface area contributed by atoms with Gasteiger partial charge in [-0.3, -0.25) is 4.79 Å². The van der Waals surface area contributed by atoms with Crippen molar-refractivity contribution in [3.05, 3.63) is 12.7 Å². The van der Waals surface area contributed by atoms with Crippen LogP contribution in [0.4, 0.5) is 0 Å². The molecule has 0 heterocycles. The highest BCUT2D eigenvalue weighted by Gasteiger charge is 2.02. The van der Waals surface area contributed by atoms with Gasteiger partial charge in [-0.25, -0.2) is 0 Å². The van der Waals surface area contributed by atoms with E-state index in [0.717, 1.165) is 6.42 Å². The molecule has 1 atom stereocenters. The van der Waals surface area contributed by atoms with Crippen molar-refractivity contribution in [2.75, 3.05) is 0 Å². The zero-order valence-corrected chi connectivity index (χ0v) is 5.48. The minimum atomic E-state index is 0.160. The second-order valence-corrected chi connectivity index (χ2v) is 2.04. The normalized spacial score (nSPS) is 12.8. The molecular weight excluding hydrogens is 100 g/mol. The Hall–Kier alpha value is -0.590. The lowest BCUT2D eigenvalue weighted by Gasteiger charge is -1.99. The fourth-order valence-corrected chi connectivity index (χ4v) is 0.416. The van der Waals surface area contributed by atoms with Crippen molar-refractivity contribution in [1.82, 2.24) is 0 Å². The molecule has 46 valence electrons. The highest BCUT2D eigenvalue weighted by molar-refractivity contribution is 5.77. The van der Waals surface area contributed by atoms with E-state index in [9.17, 15) is 4.79 Å². The molecule has 1 nitrogen and oxygen atoms in total. The second kappa shape index (κ2) is 3.42. The highest BCUT2D eigenvalue weighted by Crippen LogP contribution is 2.01. The van der Waals surface area contributed by atoms with Crippen molar-refractivity contribution in [1.29, 1.82) is 0 Å². The molecule has 0 unspecified atom stereocenters. The van der Waals surface area contributed by atoms with Gasteiger partial charge in [0.15, 0.2) is 0 Å². The van der Waals surface area contributed by atoms with E-state index < -0.39 is 0 Å². The van der Waals surface area contributed by atoms with Gasteiger partial charge in [-0.15, -0.1) is 6.58 Å². The maximum absolute atomic E-state index is 10.5. The van der Waals surface area contributed by atoms with Crippen LogP contribution in [0.2, 0.25) is 0 Å². The summed E-state index contributed by atoms with van der Waals surface area (Å²) in [4.78, 5) is 10.5. The molecule has 1 heteroatoms. The molecule has 0 aromatic carbocycles. The largest absolute Gasteiger partial charge is 0.300 e. The summed E-state index contributed by atoms with van der Waals surface area (Å²) in [6.45, 7) is 7.04. The molecule has 0 aliphatic rings. The molecule has 0 bridgehead atoms. The van der Waals surface area contributed by atoms with E-state index in [1.165, 1.54) is 0 Å². The number of rotatable bonds is 3. The van der Waals surface area contributed by atoms with Crippen LogP contribution in [0.3, 0.4) is 0 Å². The summed E-state index contributed by atoms with van der Waals surface area (Å²) in [5, 5.41) is 0. The molecule has 8 heavy (non-hydrogen) atoms. The number of ketones is 1. The molecule has 0 N–H and O–H groups in total. The van der Waals surface area contributed by atoms with Gasteiger partial charge in [-0.05, 0) is 13.3 Å². The summed E-state index contributed by atoms with van der Waals surface area (Å²) >= 11 is 0. The fourth-order valence-electron chi connectivity index (χ4n) is 0.416. The van der Waals surface area contributed by atoms with Crippen LogP contribution in [0.25, 0.3) is 0 Å². The standard InChI is InChI=1S/C7H12O/c1-4-5-6(2)7(3)8/h4,6H,1,5H2,2-3H3/t6-/m0/s1. The molecule has 0 aliphatic heterocycles. The molecule has 0 saturated heterocycles. The molecule has 0 fully saturated rings. The van der Waals surface area contributed by atoms with E-state index in [0.29, 0.717) is 0 Å². The Bertz CT molecular complexity index is 94.6. The second-order valence-electron chi connectivity index (χ2n) is 2.04. The summed E-state index contributed by atoms with van der Waals surface area (Å²) in [7, 11) is 0. The van der Waals surface area contributed by atoms with Crippen LogP contribution in [0.5, 0.6) is 0 Å². The Morgan fingerprint density at radius 2 is 2.38 bits per heavy atom. The van der Waals surface area contributed by atoms with E-state index >= 15 is 0 Å². The summed E-state index contributed by atoms with van der Waals surface area (Å²) < 4.78 is 0. The van der Waals surface area contributed by atoms with Crippen molar-refractivity contribution >= 4 is 5.78 Å². The maximum Gasteiger partial charge on any atom is 0.132 e. The first-order chi connectivity index (χ1) is 3.68. The van der Waals surface area contributed by atoms with E-state index in [1.54, 1.807) is 13.0 Å². The number of carbonyl (C=O) groups excluding carboxylic acids is 1. The number of hydrogen-bond donors (Lipinski definition) is 0. The van der Waals surface area contributed by atoms with E-state index in [-0.39, 0.29) is 11.7 Å². The third kappa shape index (κ3) is 2.56. The smallest absolute Gasteiger partial charge is 0.132 e. The van der Waals surface area contributed by atoms with E-state index in [4.69, 9.17) is 0 Å². The van der Waals surface area contributed by atoms with Gasteiger partial charge in [0.25, 0.3) is 0 Å². The van der Waals surface area contributed by atoms with E-state index in [2.05, 4.69) is 6.58 Å². The first kappa shape index (κ1) is 7.41. The predicted octanol–water partition coefficient (Wildman–Crippen LogP) is 1.79. The Balaban J connectivity index is 3.46. The molecule has 0 radical (unpaired) electrons. The topological polar surface area (TPSA) is 17.1 Å². The van der Waals surface area contributed by atoms with Crippen LogP contribution in [0.1, 0.15) is 20.3 Å². The average molecular weight is 112 g/mol. The lowest BCUT2D eigenvalue weighted by Crippen LogP contribution is -2.03. The van der Waals surface area contributed by atoms with Crippen LogP contribution in [0, 0.1) is 5.92 Å². The van der Waals surface area contributed by atoms with Gasteiger partial charge in [0, 0.05) is 5.92 Å². The number of hydrogen-bond acceptors (Lipinski definition) is 1. The number of Topliss-reactive ketones (excluding diaryl/α,β-unsaturated/α-hetero) is 1. The van der Waals surface area contributed by atoms with Crippen molar-refractivity contribution < 1.29 is 4.79 Å². The molecule has 0 spiro atoms. The molecule has 0 saturated carbocycles. The Morgan fingerprint density at radius 3 is 2.50 bits per heavy atom. The first-order valence-corrected chi connectivity index (χ1v) is 2.79. The van der Waals surface area contributed by atoms with Crippen LogP contribution >= 0.6 is 0 Å². The van der Waals surface area contributed by atoms with Crippen LogP contribution < -0.4 is 0 Å². The van der Waals surface area contributed by atoms with Gasteiger partial charge < -0.3 is 0 Å². The van der Waals surface area contributed by atoms with E-state index in [1.807, 2.05) is 6.92 Å². The summed E-state index contributed by atoms with van der Waals surface area (Å²) in [6, 6.07) is 0. The van der Waals surface area contributed by atoms with Gasteiger partial charge in [0.1, 0.15) is 5.78 Å². The zero-order chi connectivity index (χ0) is 6.57. The lowest BCUT2D eigenvalue weighted by atomic mass is 10.0. The van der Waals surface area contributed by atoms with Crippen LogP contribution in [-0.2, 0) is 4.79 Å². The molecule has 0 aromatic rings. The lowest BCUT2D eigenvalue weighted by molar-refractivity contribution is -0.120. The molecular formula is C7H12O. The number of allylic oxidation sites excluding steroid dienone is 1. The molecule has 0 aromatic heterocycles. The Morgan fingerprint density at radius 1 is 1.88 bits per heavy atom. The van der Waals surface area contributed by atoms with Crippen molar-refractivity contribution in [2.45, 2.75) is 20.3 Å². The predicted molar refractivity (Wildman–Crippen MR) is 34.7 cm³/mol. The van der Waals surface area contributed by atoms with Gasteiger partial charge in [0.2, 0.25) is 0 Å². The van der Waals surface area contributed by atoms with Gasteiger partial charge >= 0.3 is 0 Å². The number of carbonyl (C=O) groups is 1. The third-order valence-electron chi connectivity index (χ3n) is 1.21. The average Bonchev–Trinajstić information content (AvgIpc) is 1.67. The van der Waals surface area contributed by atoms with Gasteiger partial charge in [0.05, 0.1) is 0 Å². The van der Waals surface area contributed by atoms with Crippen molar-refractivity contribution in [3.63, 3.8) is 0 Å². The molecule has 0 amide bonds. The Kier molecular flexibility index (Phi) is 3.16. The Labute approximate surface area is 50.4 Å². The fraction of sp³-hybridized carbons (Fsp3) is 0.571. The minimum absolute atomic E-state index is 0.160. The SMILES string of the molecule is C=CC[C@H](C)C(C)=O. The van der Waals surface area contributed by atoms with Gasteiger partial charge in [-0.2, -0.15) is 0 Å². The quantitative estimate of drug-likeness (QED) is 0.509.